The van der Waals surface area contributed by atoms with E-state index in [9.17, 15) is 4.39 Å². The second-order valence-corrected chi connectivity index (χ2v) is 6.13. The van der Waals surface area contributed by atoms with E-state index in [2.05, 4.69) is 5.32 Å². The van der Waals surface area contributed by atoms with Gasteiger partial charge in [0.2, 0.25) is 0 Å². The van der Waals surface area contributed by atoms with Crippen LogP contribution in [0.15, 0.2) is 24.3 Å². The summed E-state index contributed by atoms with van der Waals surface area (Å²) in [7, 11) is 0. The van der Waals surface area contributed by atoms with E-state index in [4.69, 9.17) is 9.47 Å². The fourth-order valence-corrected chi connectivity index (χ4v) is 3.41. The SMILES string of the molecule is Fc1ccccc1CCNC1CCOC2(CCOCC2)C1. The Kier molecular flexibility index (Phi) is 4.88. The maximum atomic E-state index is 13.6. The number of nitrogens with one attached hydrogen (secondary N) is 1. The zero-order chi connectivity index (χ0) is 14.5. The highest BCUT2D eigenvalue weighted by Crippen LogP contribution is 2.34. The Bertz CT molecular complexity index is 454. The maximum Gasteiger partial charge on any atom is 0.126 e. The first kappa shape index (κ1) is 14.9. The first-order chi connectivity index (χ1) is 10.3. The molecule has 2 fully saturated rings. The molecule has 2 aliphatic rings. The molecular weight excluding hydrogens is 269 g/mol. The average molecular weight is 293 g/mol. The van der Waals surface area contributed by atoms with Crippen molar-refractivity contribution in [1.82, 2.24) is 5.32 Å². The Morgan fingerprint density at radius 2 is 2.00 bits per heavy atom. The molecule has 0 radical (unpaired) electrons. The fourth-order valence-electron chi connectivity index (χ4n) is 3.41. The van der Waals surface area contributed by atoms with Crippen molar-refractivity contribution in [2.45, 2.75) is 43.7 Å². The van der Waals surface area contributed by atoms with Crippen LogP contribution >= 0.6 is 0 Å². The van der Waals surface area contributed by atoms with Crippen LogP contribution in [-0.2, 0) is 15.9 Å². The molecule has 0 amide bonds. The second-order valence-electron chi connectivity index (χ2n) is 6.13. The van der Waals surface area contributed by atoms with Gasteiger partial charge in [0.05, 0.1) is 5.60 Å². The lowest BCUT2D eigenvalue weighted by Crippen LogP contribution is -2.50. The van der Waals surface area contributed by atoms with Gasteiger partial charge in [-0.1, -0.05) is 18.2 Å². The summed E-state index contributed by atoms with van der Waals surface area (Å²) in [6.07, 6.45) is 4.82. The van der Waals surface area contributed by atoms with Crippen molar-refractivity contribution in [3.8, 4) is 0 Å². The van der Waals surface area contributed by atoms with E-state index in [1.54, 1.807) is 6.07 Å². The molecule has 0 aromatic heterocycles. The molecule has 1 spiro atoms. The molecule has 0 bridgehead atoms. The maximum absolute atomic E-state index is 13.6. The molecule has 2 aliphatic heterocycles. The summed E-state index contributed by atoms with van der Waals surface area (Å²) >= 11 is 0. The first-order valence-corrected chi connectivity index (χ1v) is 7.96. The highest BCUT2D eigenvalue weighted by molar-refractivity contribution is 5.17. The number of hydrogen-bond acceptors (Lipinski definition) is 3. The molecule has 1 aromatic rings. The van der Waals surface area contributed by atoms with Gasteiger partial charge in [-0.25, -0.2) is 4.39 Å². The van der Waals surface area contributed by atoms with Crippen molar-refractivity contribution in [2.75, 3.05) is 26.4 Å². The molecule has 116 valence electrons. The predicted octanol–water partition coefficient (Wildman–Crippen LogP) is 2.69. The predicted molar refractivity (Wildman–Crippen MR) is 79.9 cm³/mol. The molecule has 3 nitrogen and oxygen atoms in total. The Hall–Kier alpha value is -0.970. The van der Waals surface area contributed by atoms with E-state index >= 15 is 0 Å². The third-order valence-electron chi connectivity index (χ3n) is 4.68. The Morgan fingerprint density at radius 3 is 2.81 bits per heavy atom. The molecule has 21 heavy (non-hydrogen) atoms. The highest BCUT2D eigenvalue weighted by atomic mass is 19.1. The summed E-state index contributed by atoms with van der Waals surface area (Å²) in [5.41, 5.74) is 0.810. The van der Waals surface area contributed by atoms with Crippen LogP contribution in [0.5, 0.6) is 0 Å². The minimum Gasteiger partial charge on any atom is -0.381 e. The molecule has 4 heteroatoms. The van der Waals surface area contributed by atoms with E-state index in [1.807, 2.05) is 12.1 Å². The quantitative estimate of drug-likeness (QED) is 0.926. The lowest BCUT2D eigenvalue weighted by Gasteiger charge is -2.43. The normalized spacial score (nSPS) is 25.1. The smallest absolute Gasteiger partial charge is 0.126 e. The molecule has 0 aliphatic carbocycles. The molecule has 2 saturated heterocycles. The zero-order valence-corrected chi connectivity index (χ0v) is 12.4. The molecule has 1 aromatic carbocycles. The van der Waals surface area contributed by atoms with E-state index in [1.165, 1.54) is 6.07 Å². The van der Waals surface area contributed by atoms with Crippen LogP contribution < -0.4 is 5.32 Å². The van der Waals surface area contributed by atoms with Crippen LogP contribution in [0, 0.1) is 5.82 Å². The van der Waals surface area contributed by atoms with Crippen molar-refractivity contribution in [3.05, 3.63) is 35.6 Å². The number of hydrogen-bond donors (Lipinski definition) is 1. The standard InChI is InChI=1S/C17H24FNO2/c18-16-4-2-1-3-14(16)5-9-19-15-6-10-21-17(13-15)7-11-20-12-8-17/h1-4,15,19H,5-13H2. The van der Waals surface area contributed by atoms with E-state index in [0.29, 0.717) is 6.04 Å². The van der Waals surface area contributed by atoms with Crippen molar-refractivity contribution in [3.63, 3.8) is 0 Å². The molecular formula is C17H24FNO2. The van der Waals surface area contributed by atoms with Crippen LogP contribution in [0.1, 0.15) is 31.2 Å². The average Bonchev–Trinajstić information content (AvgIpc) is 2.50. The van der Waals surface area contributed by atoms with Gasteiger partial charge in [0.25, 0.3) is 0 Å². The molecule has 3 rings (SSSR count). The van der Waals surface area contributed by atoms with Gasteiger partial charge in [-0.3, -0.25) is 0 Å². The van der Waals surface area contributed by atoms with E-state index in [-0.39, 0.29) is 11.4 Å². The zero-order valence-electron chi connectivity index (χ0n) is 12.4. The van der Waals surface area contributed by atoms with Crippen LogP contribution in [0.25, 0.3) is 0 Å². The third-order valence-corrected chi connectivity index (χ3v) is 4.68. The third kappa shape index (κ3) is 3.82. The molecule has 1 atom stereocenters. The molecule has 1 unspecified atom stereocenters. The summed E-state index contributed by atoms with van der Waals surface area (Å²) < 4.78 is 25.1. The number of rotatable bonds is 4. The minimum atomic E-state index is -0.104. The molecule has 2 heterocycles. The fraction of sp³-hybridized carbons (Fsp3) is 0.647. The lowest BCUT2D eigenvalue weighted by molar-refractivity contribution is -0.140. The number of ether oxygens (including phenoxy) is 2. The molecule has 1 N–H and O–H groups in total. The summed E-state index contributed by atoms with van der Waals surface area (Å²) in [4.78, 5) is 0. The summed E-state index contributed by atoms with van der Waals surface area (Å²) in [5, 5.41) is 3.58. The van der Waals surface area contributed by atoms with Gasteiger partial charge in [-0.2, -0.15) is 0 Å². The summed E-state index contributed by atoms with van der Waals surface area (Å²) in [6.45, 7) is 3.25. The van der Waals surface area contributed by atoms with E-state index < -0.39 is 0 Å². The van der Waals surface area contributed by atoms with Crippen LogP contribution in [-0.4, -0.2) is 38.0 Å². The van der Waals surface area contributed by atoms with Crippen molar-refractivity contribution >= 4 is 0 Å². The van der Waals surface area contributed by atoms with E-state index in [0.717, 1.165) is 64.0 Å². The Labute approximate surface area is 125 Å². The molecule has 0 saturated carbocycles. The van der Waals surface area contributed by atoms with Gasteiger partial charge in [0.15, 0.2) is 0 Å². The highest BCUT2D eigenvalue weighted by Gasteiger charge is 2.38. The lowest BCUT2D eigenvalue weighted by atomic mass is 9.84. The van der Waals surface area contributed by atoms with Crippen LogP contribution in [0.2, 0.25) is 0 Å². The number of halogens is 1. The largest absolute Gasteiger partial charge is 0.381 e. The Morgan fingerprint density at radius 1 is 1.19 bits per heavy atom. The van der Waals surface area contributed by atoms with Gasteiger partial charge in [0.1, 0.15) is 5.82 Å². The summed E-state index contributed by atoms with van der Waals surface area (Å²) in [6, 6.07) is 7.49. The van der Waals surface area contributed by atoms with Gasteiger partial charge >= 0.3 is 0 Å². The van der Waals surface area contributed by atoms with Crippen molar-refractivity contribution in [2.24, 2.45) is 0 Å². The minimum absolute atomic E-state index is 0.0200. The van der Waals surface area contributed by atoms with Gasteiger partial charge in [-0.15, -0.1) is 0 Å². The second kappa shape index (κ2) is 6.86. The Balaban J connectivity index is 1.48. The van der Waals surface area contributed by atoms with Gasteiger partial charge in [0, 0.05) is 25.9 Å². The van der Waals surface area contributed by atoms with Gasteiger partial charge < -0.3 is 14.8 Å². The van der Waals surface area contributed by atoms with Crippen LogP contribution in [0.4, 0.5) is 4.39 Å². The van der Waals surface area contributed by atoms with Gasteiger partial charge in [-0.05, 0) is 50.3 Å². The van der Waals surface area contributed by atoms with Crippen molar-refractivity contribution < 1.29 is 13.9 Å². The number of benzene rings is 1. The first-order valence-electron chi connectivity index (χ1n) is 7.96. The monoisotopic (exact) mass is 293 g/mol. The summed E-state index contributed by atoms with van der Waals surface area (Å²) in [5.74, 6) is -0.104. The van der Waals surface area contributed by atoms with Crippen LogP contribution in [0.3, 0.4) is 0 Å². The van der Waals surface area contributed by atoms with Crippen molar-refractivity contribution in [1.29, 1.82) is 0 Å². The topological polar surface area (TPSA) is 30.5 Å².